The molecule has 2 aromatic heterocycles. The van der Waals surface area contributed by atoms with Crippen LogP contribution in [0.4, 0.5) is 5.82 Å². The molecular weight excluding hydrogens is 246 g/mol. The van der Waals surface area contributed by atoms with Crippen molar-refractivity contribution in [3.8, 4) is 5.88 Å². The molecule has 0 fully saturated rings. The molecule has 0 saturated carbocycles. The highest BCUT2D eigenvalue weighted by Gasteiger charge is 2.11. The Labute approximate surface area is 111 Å². The van der Waals surface area contributed by atoms with Crippen molar-refractivity contribution in [3.63, 3.8) is 0 Å². The number of nitrogens with two attached hydrogens (primary N) is 1. The van der Waals surface area contributed by atoms with Crippen LogP contribution in [-0.4, -0.2) is 33.2 Å². The van der Waals surface area contributed by atoms with Gasteiger partial charge in [-0.05, 0) is 20.8 Å². The summed E-state index contributed by atoms with van der Waals surface area (Å²) in [6.45, 7) is 6.88. The molecule has 0 radical (unpaired) electrons. The topological polar surface area (TPSA) is 86.7 Å². The zero-order valence-electron chi connectivity index (χ0n) is 11.4. The van der Waals surface area contributed by atoms with E-state index in [0.717, 1.165) is 0 Å². The third-order valence-corrected chi connectivity index (χ3v) is 2.35. The summed E-state index contributed by atoms with van der Waals surface area (Å²) >= 11 is 0. The van der Waals surface area contributed by atoms with Gasteiger partial charge in [-0.3, -0.25) is 4.40 Å². The van der Waals surface area contributed by atoms with E-state index in [4.69, 9.17) is 15.3 Å². The van der Waals surface area contributed by atoms with E-state index in [0.29, 0.717) is 30.6 Å². The minimum absolute atomic E-state index is 0.180. The van der Waals surface area contributed by atoms with Gasteiger partial charge in [-0.1, -0.05) is 0 Å². The molecule has 0 aliphatic carbocycles. The van der Waals surface area contributed by atoms with Crippen molar-refractivity contribution >= 4 is 11.5 Å². The van der Waals surface area contributed by atoms with Crippen molar-refractivity contribution in [1.82, 2.24) is 14.4 Å². The van der Waals surface area contributed by atoms with Crippen LogP contribution in [-0.2, 0) is 4.74 Å². The van der Waals surface area contributed by atoms with Crippen molar-refractivity contribution in [3.05, 3.63) is 18.6 Å². The maximum atomic E-state index is 5.60. The maximum absolute atomic E-state index is 5.60. The van der Waals surface area contributed by atoms with Gasteiger partial charge < -0.3 is 14.9 Å². The van der Waals surface area contributed by atoms with Crippen molar-refractivity contribution in [2.45, 2.75) is 26.4 Å². The Hall–Kier alpha value is -1.86. The molecule has 2 aromatic rings. The zero-order valence-corrected chi connectivity index (χ0v) is 11.4. The van der Waals surface area contributed by atoms with Crippen LogP contribution in [0.25, 0.3) is 5.65 Å². The van der Waals surface area contributed by atoms with Crippen molar-refractivity contribution in [2.75, 3.05) is 18.6 Å². The molecule has 7 heteroatoms. The van der Waals surface area contributed by atoms with Crippen molar-refractivity contribution < 1.29 is 9.47 Å². The fourth-order valence-corrected chi connectivity index (χ4v) is 1.56. The molecule has 0 bridgehead atoms. The summed E-state index contributed by atoms with van der Waals surface area (Å²) in [5.41, 5.74) is 2.96. The SMILES string of the molecule is CC(C)(C)OCCOc1nc(NN)cn2ccnc12. The number of fused-ring (bicyclic) bond motifs is 1. The quantitative estimate of drug-likeness (QED) is 0.480. The monoisotopic (exact) mass is 265 g/mol. The third-order valence-electron chi connectivity index (χ3n) is 2.35. The summed E-state index contributed by atoms with van der Waals surface area (Å²) in [7, 11) is 0. The highest BCUT2D eigenvalue weighted by molar-refractivity contribution is 5.53. The van der Waals surface area contributed by atoms with Crippen LogP contribution in [0.3, 0.4) is 0 Å². The van der Waals surface area contributed by atoms with Gasteiger partial charge in [0.05, 0.1) is 18.4 Å². The molecule has 2 heterocycles. The highest BCUT2D eigenvalue weighted by atomic mass is 16.5. The first-order valence-corrected chi connectivity index (χ1v) is 6.07. The first-order chi connectivity index (χ1) is 8.99. The number of rotatable bonds is 5. The van der Waals surface area contributed by atoms with E-state index >= 15 is 0 Å². The second-order valence-electron chi connectivity index (χ2n) is 5.04. The lowest BCUT2D eigenvalue weighted by Gasteiger charge is -2.19. The Balaban J connectivity index is 2.05. The Morgan fingerprint density at radius 2 is 2.16 bits per heavy atom. The lowest BCUT2D eigenvalue weighted by atomic mass is 10.2. The van der Waals surface area contributed by atoms with Crippen LogP contribution < -0.4 is 16.0 Å². The number of aromatic nitrogens is 3. The van der Waals surface area contributed by atoms with E-state index in [9.17, 15) is 0 Å². The number of hydrogen-bond acceptors (Lipinski definition) is 6. The van der Waals surface area contributed by atoms with Gasteiger partial charge in [-0.25, -0.2) is 10.8 Å². The van der Waals surface area contributed by atoms with Gasteiger partial charge >= 0.3 is 0 Å². The van der Waals surface area contributed by atoms with E-state index in [2.05, 4.69) is 15.4 Å². The molecule has 0 aliphatic rings. The molecule has 0 aliphatic heterocycles. The van der Waals surface area contributed by atoms with Crippen molar-refractivity contribution in [2.24, 2.45) is 5.84 Å². The molecule has 0 unspecified atom stereocenters. The number of ether oxygens (including phenoxy) is 2. The van der Waals surface area contributed by atoms with Gasteiger partial charge in [-0.2, -0.15) is 4.98 Å². The van der Waals surface area contributed by atoms with Gasteiger partial charge in [0.2, 0.25) is 5.65 Å². The van der Waals surface area contributed by atoms with Crippen LogP contribution in [0.5, 0.6) is 5.88 Å². The van der Waals surface area contributed by atoms with Gasteiger partial charge in [0.15, 0.2) is 5.82 Å². The Kier molecular flexibility index (Phi) is 3.87. The number of nitrogen functional groups attached to an aromatic ring is 1. The van der Waals surface area contributed by atoms with Crippen LogP contribution in [0.15, 0.2) is 18.6 Å². The summed E-state index contributed by atoms with van der Waals surface area (Å²) < 4.78 is 13.0. The van der Waals surface area contributed by atoms with E-state index in [1.807, 2.05) is 20.8 Å². The number of hydrogen-bond donors (Lipinski definition) is 2. The lowest BCUT2D eigenvalue weighted by molar-refractivity contribution is -0.0166. The first kappa shape index (κ1) is 13.6. The van der Waals surface area contributed by atoms with Gasteiger partial charge in [0.25, 0.3) is 5.88 Å². The molecule has 7 nitrogen and oxygen atoms in total. The average Bonchev–Trinajstić information content (AvgIpc) is 2.81. The molecule has 0 spiro atoms. The predicted octanol–water partition coefficient (Wildman–Crippen LogP) is 1.21. The average molecular weight is 265 g/mol. The van der Waals surface area contributed by atoms with Gasteiger partial charge in [-0.15, -0.1) is 0 Å². The Bertz CT molecular complexity index is 547. The van der Waals surface area contributed by atoms with E-state index in [1.165, 1.54) is 0 Å². The second kappa shape index (κ2) is 5.41. The Morgan fingerprint density at radius 3 is 2.84 bits per heavy atom. The number of imidazole rings is 1. The van der Waals surface area contributed by atoms with Crippen LogP contribution in [0.1, 0.15) is 20.8 Å². The van der Waals surface area contributed by atoms with Crippen molar-refractivity contribution in [1.29, 1.82) is 0 Å². The standard InChI is InChI=1S/C12H19N5O2/c1-12(2,3)19-7-6-18-11-10-14-4-5-17(10)8-9(15-11)16-13/h4-5,8,16H,6-7,13H2,1-3H3. The molecule has 0 saturated heterocycles. The third kappa shape index (κ3) is 3.55. The summed E-state index contributed by atoms with van der Waals surface area (Å²) in [6.07, 6.45) is 5.22. The van der Waals surface area contributed by atoms with Crippen LogP contribution in [0, 0.1) is 0 Å². The van der Waals surface area contributed by atoms with E-state index in [1.54, 1.807) is 23.0 Å². The van der Waals surface area contributed by atoms with Gasteiger partial charge in [0, 0.05) is 12.4 Å². The second-order valence-corrected chi connectivity index (χ2v) is 5.04. The fourth-order valence-electron chi connectivity index (χ4n) is 1.56. The lowest BCUT2D eigenvalue weighted by Crippen LogP contribution is -2.22. The molecular formula is C12H19N5O2. The summed E-state index contributed by atoms with van der Waals surface area (Å²) in [5.74, 6) is 6.30. The smallest absolute Gasteiger partial charge is 0.260 e. The normalized spacial score (nSPS) is 11.8. The first-order valence-electron chi connectivity index (χ1n) is 6.07. The van der Waals surface area contributed by atoms with Crippen LogP contribution >= 0.6 is 0 Å². The largest absolute Gasteiger partial charge is 0.473 e. The summed E-state index contributed by atoms with van der Waals surface area (Å²) in [6, 6.07) is 0. The van der Waals surface area contributed by atoms with Crippen LogP contribution in [0.2, 0.25) is 0 Å². The number of nitrogens with zero attached hydrogens (tertiary/aromatic N) is 3. The number of nitrogens with one attached hydrogen (secondary N) is 1. The molecule has 19 heavy (non-hydrogen) atoms. The molecule has 2 rings (SSSR count). The summed E-state index contributed by atoms with van der Waals surface area (Å²) in [4.78, 5) is 8.42. The molecule has 3 N–H and O–H groups in total. The van der Waals surface area contributed by atoms with Gasteiger partial charge in [0.1, 0.15) is 6.61 Å². The minimum Gasteiger partial charge on any atom is -0.473 e. The predicted molar refractivity (Wildman–Crippen MR) is 72.0 cm³/mol. The number of anilines is 1. The summed E-state index contributed by atoms with van der Waals surface area (Å²) in [5, 5.41) is 0. The zero-order chi connectivity index (χ0) is 13.9. The highest BCUT2D eigenvalue weighted by Crippen LogP contribution is 2.18. The van der Waals surface area contributed by atoms with E-state index < -0.39 is 0 Å². The molecule has 0 amide bonds. The fraction of sp³-hybridized carbons (Fsp3) is 0.500. The number of hydrazine groups is 1. The Morgan fingerprint density at radius 1 is 1.37 bits per heavy atom. The molecule has 104 valence electrons. The maximum Gasteiger partial charge on any atom is 0.260 e. The molecule has 0 atom stereocenters. The minimum atomic E-state index is -0.180. The van der Waals surface area contributed by atoms with E-state index in [-0.39, 0.29) is 5.60 Å². The molecule has 0 aromatic carbocycles.